The zero-order chi connectivity index (χ0) is 20.5. The number of benzene rings is 3. The number of ether oxygens (including phenoxy) is 1. The van der Waals surface area contributed by atoms with E-state index in [4.69, 9.17) is 4.74 Å². The molecule has 150 valence electrons. The molecule has 0 unspecified atom stereocenters. The molecule has 2 aliphatic heterocycles. The van der Waals surface area contributed by atoms with Crippen molar-refractivity contribution < 1.29 is 14.3 Å². The Morgan fingerprint density at radius 1 is 0.967 bits per heavy atom. The third-order valence-corrected chi connectivity index (χ3v) is 6.06. The lowest BCUT2D eigenvalue weighted by Gasteiger charge is -2.25. The Kier molecular flexibility index (Phi) is 4.83. The Hall–Kier alpha value is -3.40. The summed E-state index contributed by atoms with van der Waals surface area (Å²) in [4.78, 5) is 28.1. The maximum Gasteiger partial charge on any atom is 0.254 e. The van der Waals surface area contributed by atoms with Gasteiger partial charge in [0, 0.05) is 29.3 Å². The van der Waals surface area contributed by atoms with Crippen molar-refractivity contribution in [2.75, 3.05) is 6.54 Å². The summed E-state index contributed by atoms with van der Waals surface area (Å²) in [6.07, 6.45) is 2.72. The summed E-state index contributed by atoms with van der Waals surface area (Å²) >= 11 is 0. The molecule has 0 spiro atoms. The molecule has 0 radical (unpaired) electrons. The van der Waals surface area contributed by atoms with E-state index in [1.165, 1.54) is 0 Å². The van der Waals surface area contributed by atoms with Gasteiger partial charge in [-0.15, -0.1) is 0 Å². The van der Waals surface area contributed by atoms with Crippen LogP contribution >= 0.6 is 0 Å². The van der Waals surface area contributed by atoms with Crippen LogP contribution in [0.25, 0.3) is 0 Å². The van der Waals surface area contributed by atoms with Crippen molar-refractivity contribution in [2.45, 2.75) is 31.9 Å². The van der Waals surface area contributed by atoms with Gasteiger partial charge in [-0.2, -0.15) is 0 Å². The zero-order valence-electron chi connectivity index (χ0n) is 16.7. The molecular formula is C26H23NO3. The van der Waals surface area contributed by atoms with Crippen molar-refractivity contribution in [3.63, 3.8) is 0 Å². The number of carbonyl (C=O) groups is 2. The van der Waals surface area contributed by atoms with E-state index in [9.17, 15) is 9.59 Å². The summed E-state index contributed by atoms with van der Waals surface area (Å²) in [5.74, 6) is 0.716. The summed E-state index contributed by atoms with van der Waals surface area (Å²) in [6.45, 7) is 1.18. The van der Waals surface area contributed by atoms with Crippen LogP contribution in [0, 0.1) is 0 Å². The van der Waals surface area contributed by atoms with Crippen LogP contribution in [0.3, 0.4) is 0 Å². The van der Waals surface area contributed by atoms with Crippen LogP contribution in [0.5, 0.6) is 5.75 Å². The Bertz CT molecular complexity index is 1110. The second-order valence-corrected chi connectivity index (χ2v) is 7.97. The van der Waals surface area contributed by atoms with Gasteiger partial charge in [0.05, 0.1) is 5.56 Å². The topological polar surface area (TPSA) is 46.6 Å². The fourth-order valence-electron chi connectivity index (χ4n) is 4.51. The summed E-state index contributed by atoms with van der Waals surface area (Å²) in [6, 6.07) is 23.1. The molecule has 3 aromatic carbocycles. The Labute approximate surface area is 176 Å². The number of rotatable bonds is 3. The van der Waals surface area contributed by atoms with Gasteiger partial charge in [-0.1, -0.05) is 48.5 Å². The second-order valence-electron chi connectivity index (χ2n) is 7.97. The number of fused-ring (bicyclic) bond motifs is 2. The van der Waals surface area contributed by atoms with Gasteiger partial charge >= 0.3 is 0 Å². The molecule has 0 N–H and O–H groups in total. The number of nitrogens with zero attached hydrogens (tertiary/aromatic N) is 1. The van der Waals surface area contributed by atoms with Crippen molar-refractivity contribution >= 4 is 11.7 Å². The monoisotopic (exact) mass is 397 g/mol. The van der Waals surface area contributed by atoms with E-state index in [1.807, 2.05) is 77.7 Å². The molecule has 1 saturated heterocycles. The lowest BCUT2D eigenvalue weighted by atomic mass is 9.95. The molecule has 3 aromatic rings. The smallest absolute Gasteiger partial charge is 0.254 e. The van der Waals surface area contributed by atoms with Crippen LogP contribution in [0.1, 0.15) is 50.2 Å². The molecule has 0 bridgehead atoms. The number of hydrogen-bond acceptors (Lipinski definition) is 3. The third-order valence-electron chi connectivity index (χ3n) is 6.06. The average Bonchev–Trinajstić information content (AvgIpc) is 3.20. The second kappa shape index (κ2) is 7.79. The summed E-state index contributed by atoms with van der Waals surface area (Å²) in [5, 5.41) is 0. The Morgan fingerprint density at radius 3 is 2.63 bits per heavy atom. The van der Waals surface area contributed by atoms with E-state index < -0.39 is 0 Å². The van der Waals surface area contributed by atoms with Crippen LogP contribution < -0.4 is 4.74 Å². The predicted molar refractivity (Wildman–Crippen MR) is 115 cm³/mol. The molecule has 0 aromatic heterocycles. The van der Waals surface area contributed by atoms with Gasteiger partial charge in [0.1, 0.15) is 12.4 Å². The van der Waals surface area contributed by atoms with Gasteiger partial charge in [-0.25, -0.2) is 0 Å². The number of hydrogen-bond donors (Lipinski definition) is 0. The van der Waals surface area contributed by atoms with Crippen LogP contribution in [0.15, 0.2) is 72.8 Å². The first-order chi connectivity index (χ1) is 14.7. The molecule has 4 heteroatoms. The predicted octanol–water partition coefficient (Wildman–Crippen LogP) is 4.66. The fraction of sp³-hybridized carbons (Fsp3) is 0.231. The number of ketones is 1. The minimum absolute atomic E-state index is 0.00332. The summed E-state index contributed by atoms with van der Waals surface area (Å²) in [5.41, 5.74) is 4.01. The molecule has 5 rings (SSSR count). The van der Waals surface area contributed by atoms with Gasteiger partial charge in [0.2, 0.25) is 0 Å². The van der Waals surface area contributed by atoms with Crippen molar-refractivity contribution in [1.82, 2.24) is 4.90 Å². The van der Waals surface area contributed by atoms with Gasteiger partial charge in [0.25, 0.3) is 5.91 Å². The molecule has 1 fully saturated rings. The average molecular weight is 397 g/mol. The summed E-state index contributed by atoms with van der Waals surface area (Å²) < 4.78 is 5.90. The van der Waals surface area contributed by atoms with Gasteiger partial charge in [-0.05, 0) is 49.1 Å². The van der Waals surface area contributed by atoms with Crippen molar-refractivity contribution in [3.05, 3.63) is 101 Å². The normalized spacial score (nSPS) is 17.7. The first-order valence-electron chi connectivity index (χ1n) is 10.4. The fourth-order valence-corrected chi connectivity index (χ4v) is 4.51. The van der Waals surface area contributed by atoms with Crippen LogP contribution in [-0.4, -0.2) is 29.2 Å². The van der Waals surface area contributed by atoms with E-state index in [0.717, 1.165) is 42.5 Å². The van der Waals surface area contributed by atoms with Crippen molar-refractivity contribution in [3.8, 4) is 5.75 Å². The maximum atomic E-state index is 13.1. The molecule has 2 aliphatic rings. The molecule has 2 heterocycles. The molecule has 30 heavy (non-hydrogen) atoms. The van der Waals surface area contributed by atoms with Crippen molar-refractivity contribution in [1.29, 1.82) is 0 Å². The number of amides is 1. The van der Waals surface area contributed by atoms with E-state index in [2.05, 4.69) is 0 Å². The molecular weight excluding hydrogens is 374 g/mol. The lowest BCUT2D eigenvalue weighted by Crippen LogP contribution is -2.36. The molecule has 1 amide bonds. The minimum atomic E-state index is 0.00332. The minimum Gasteiger partial charge on any atom is -0.488 e. The lowest BCUT2D eigenvalue weighted by molar-refractivity contribution is 0.0736. The maximum absolute atomic E-state index is 13.1. The van der Waals surface area contributed by atoms with E-state index in [1.54, 1.807) is 0 Å². The van der Waals surface area contributed by atoms with Crippen LogP contribution in [-0.2, 0) is 13.0 Å². The first-order valence-corrected chi connectivity index (χ1v) is 10.4. The number of likely N-dealkylation sites (tertiary alicyclic amines) is 1. The highest BCUT2D eigenvalue weighted by Gasteiger charge is 2.30. The molecule has 4 nitrogen and oxygen atoms in total. The third kappa shape index (κ3) is 3.39. The summed E-state index contributed by atoms with van der Waals surface area (Å²) in [7, 11) is 0. The van der Waals surface area contributed by atoms with E-state index in [-0.39, 0.29) is 17.7 Å². The van der Waals surface area contributed by atoms with Crippen LogP contribution in [0.2, 0.25) is 0 Å². The van der Waals surface area contributed by atoms with Crippen LogP contribution in [0.4, 0.5) is 0 Å². The van der Waals surface area contributed by atoms with Gasteiger partial charge < -0.3 is 9.64 Å². The highest BCUT2D eigenvalue weighted by Crippen LogP contribution is 2.31. The first kappa shape index (κ1) is 18.6. The largest absolute Gasteiger partial charge is 0.488 e. The highest BCUT2D eigenvalue weighted by atomic mass is 16.5. The van der Waals surface area contributed by atoms with Gasteiger partial charge in [-0.3, -0.25) is 9.59 Å². The number of carbonyl (C=O) groups excluding carboxylic acids is 2. The quantitative estimate of drug-likeness (QED) is 0.646. The molecule has 1 atom stereocenters. The highest BCUT2D eigenvalue weighted by molar-refractivity contribution is 6.12. The van der Waals surface area contributed by atoms with Gasteiger partial charge in [0.15, 0.2) is 5.78 Å². The Morgan fingerprint density at radius 2 is 1.77 bits per heavy atom. The SMILES string of the molecule is O=C1c2ccccc2COc2ccc(C[C@@H]3CCCN3C(=O)c3ccccc3)cc21. The standard InChI is InChI=1S/C26H23NO3/c28-25-22-11-5-4-9-20(22)17-30-24-13-12-18(16-23(24)25)15-21-10-6-14-27(21)26(29)19-7-2-1-3-8-19/h1-5,7-9,11-13,16,21H,6,10,14-15,17H2/t21-/m0/s1. The van der Waals surface area contributed by atoms with Crippen molar-refractivity contribution in [2.24, 2.45) is 0 Å². The van der Waals surface area contributed by atoms with E-state index in [0.29, 0.717) is 23.5 Å². The Balaban J connectivity index is 1.40. The van der Waals surface area contributed by atoms with E-state index >= 15 is 0 Å². The molecule has 0 aliphatic carbocycles. The molecule has 0 saturated carbocycles. The zero-order valence-corrected chi connectivity index (χ0v) is 16.7.